The molecule has 0 saturated heterocycles. The Bertz CT molecular complexity index is 455. The Morgan fingerprint density at radius 3 is 3.00 bits per heavy atom. The van der Waals surface area contributed by atoms with E-state index < -0.39 is 5.54 Å². The molecule has 1 heterocycles. The number of hydrogen-bond donors (Lipinski definition) is 3. The molecule has 0 atom stereocenters. The summed E-state index contributed by atoms with van der Waals surface area (Å²) in [5.41, 5.74) is 2.37. The Morgan fingerprint density at radius 2 is 2.28 bits per heavy atom. The highest BCUT2D eigenvalue weighted by Crippen LogP contribution is 2.23. The molecule has 1 aliphatic rings. The summed E-state index contributed by atoms with van der Waals surface area (Å²) >= 11 is 0. The minimum absolute atomic E-state index is 0.0781. The van der Waals surface area contributed by atoms with Crippen LogP contribution in [0, 0.1) is 0 Å². The van der Waals surface area contributed by atoms with Crippen molar-refractivity contribution >= 4 is 11.6 Å². The molecule has 0 saturated carbocycles. The van der Waals surface area contributed by atoms with Crippen molar-refractivity contribution in [3.05, 3.63) is 29.3 Å². The molecule has 0 aliphatic carbocycles. The van der Waals surface area contributed by atoms with Crippen LogP contribution in [-0.4, -0.2) is 29.7 Å². The molecule has 0 unspecified atom stereocenters. The van der Waals surface area contributed by atoms with Gasteiger partial charge in [-0.3, -0.25) is 4.79 Å². The van der Waals surface area contributed by atoms with Gasteiger partial charge in [0.2, 0.25) is 0 Å². The van der Waals surface area contributed by atoms with Crippen LogP contribution in [0.4, 0.5) is 5.69 Å². The van der Waals surface area contributed by atoms with E-state index in [9.17, 15) is 4.79 Å². The molecule has 1 aromatic rings. The number of amides is 1. The molecule has 2 rings (SSSR count). The van der Waals surface area contributed by atoms with Crippen LogP contribution in [0.15, 0.2) is 18.2 Å². The Kier molecular flexibility index (Phi) is 3.57. The molecule has 3 N–H and O–H groups in total. The van der Waals surface area contributed by atoms with Crippen molar-refractivity contribution in [1.29, 1.82) is 0 Å². The normalized spacial score (nSPS) is 14.6. The van der Waals surface area contributed by atoms with Crippen molar-refractivity contribution < 1.29 is 9.90 Å². The maximum Gasteiger partial charge on any atom is 0.251 e. The standard InChI is InChI=1S/C14H20N2O2/c1-14(2,9-17)16-13(18)11-5-6-12-10(8-11)4-3-7-15-12/h5-6,8,15,17H,3-4,7,9H2,1-2H3,(H,16,18). The van der Waals surface area contributed by atoms with Crippen molar-refractivity contribution in [3.8, 4) is 0 Å². The summed E-state index contributed by atoms with van der Waals surface area (Å²) in [5.74, 6) is -0.137. The van der Waals surface area contributed by atoms with Crippen LogP contribution < -0.4 is 10.6 Å². The van der Waals surface area contributed by atoms with Gasteiger partial charge < -0.3 is 15.7 Å². The molecular weight excluding hydrogens is 228 g/mol. The molecule has 0 aromatic heterocycles. The second kappa shape index (κ2) is 4.98. The van der Waals surface area contributed by atoms with E-state index in [1.807, 2.05) is 18.2 Å². The van der Waals surface area contributed by atoms with Gasteiger partial charge in [-0.25, -0.2) is 0 Å². The van der Waals surface area contributed by atoms with Crippen LogP contribution in [0.5, 0.6) is 0 Å². The lowest BCUT2D eigenvalue weighted by molar-refractivity contribution is 0.0869. The van der Waals surface area contributed by atoms with E-state index in [4.69, 9.17) is 5.11 Å². The van der Waals surface area contributed by atoms with Gasteiger partial charge in [0, 0.05) is 17.8 Å². The number of aliphatic hydroxyl groups is 1. The van der Waals surface area contributed by atoms with Crippen LogP contribution in [0.3, 0.4) is 0 Å². The fraction of sp³-hybridized carbons (Fsp3) is 0.500. The average molecular weight is 248 g/mol. The lowest BCUT2D eigenvalue weighted by Gasteiger charge is -2.24. The molecule has 4 heteroatoms. The summed E-state index contributed by atoms with van der Waals surface area (Å²) in [4.78, 5) is 12.1. The lowest BCUT2D eigenvalue weighted by Crippen LogP contribution is -2.46. The zero-order valence-electron chi connectivity index (χ0n) is 10.9. The number of benzene rings is 1. The number of fused-ring (bicyclic) bond motifs is 1. The third-order valence-corrected chi connectivity index (χ3v) is 3.15. The van der Waals surface area contributed by atoms with Gasteiger partial charge in [0.25, 0.3) is 5.91 Å². The molecule has 18 heavy (non-hydrogen) atoms. The van der Waals surface area contributed by atoms with Crippen LogP contribution >= 0.6 is 0 Å². The monoisotopic (exact) mass is 248 g/mol. The number of aryl methyl sites for hydroxylation is 1. The van der Waals surface area contributed by atoms with Crippen LogP contribution in [0.2, 0.25) is 0 Å². The van der Waals surface area contributed by atoms with E-state index in [0.717, 1.165) is 25.1 Å². The molecule has 0 spiro atoms. The van der Waals surface area contributed by atoms with Gasteiger partial charge in [0.15, 0.2) is 0 Å². The van der Waals surface area contributed by atoms with E-state index in [2.05, 4.69) is 10.6 Å². The van der Waals surface area contributed by atoms with Crippen molar-refractivity contribution in [3.63, 3.8) is 0 Å². The van der Waals surface area contributed by atoms with E-state index in [1.165, 1.54) is 5.56 Å². The largest absolute Gasteiger partial charge is 0.394 e. The topological polar surface area (TPSA) is 61.4 Å². The van der Waals surface area contributed by atoms with E-state index in [-0.39, 0.29) is 12.5 Å². The molecule has 0 bridgehead atoms. The highest BCUT2D eigenvalue weighted by molar-refractivity contribution is 5.95. The van der Waals surface area contributed by atoms with E-state index in [0.29, 0.717) is 5.56 Å². The van der Waals surface area contributed by atoms with Gasteiger partial charge in [-0.1, -0.05) is 0 Å². The van der Waals surface area contributed by atoms with Gasteiger partial charge in [0.05, 0.1) is 12.1 Å². The highest BCUT2D eigenvalue weighted by atomic mass is 16.3. The van der Waals surface area contributed by atoms with Gasteiger partial charge in [-0.2, -0.15) is 0 Å². The molecule has 98 valence electrons. The van der Waals surface area contributed by atoms with Crippen molar-refractivity contribution in [2.75, 3.05) is 18.5 Å². The summed E-state index contributed by atoms with van der Waals surface area (Å²) in [6.07, 6.45) is 2.10. The van der Waals surface area contributed by atoms with Crippen LogP contribution in [-0.2, 0) is 6.42 Å². The smallest absolute Gasteiger partial charge is 0.251 e. The van der Waals surface area contributed by atoms with Gasteiger partial charge in [-0.05, 0) is 50.5 Å². The van der Waals surface area contributed by atoms with Crippen LogP contribution in [0.25, 0.3) is 0 Å². The highest BCUT2D eigenvalue weighted by Gasteiger charge is 2.20. The summed E-state index contributed by atoms with van der Waals surface area (Å²) < 4.78 is 0. The number of carbonyl (C=O) groups excluding carboxylic acids is 1. The lowest BCUT2D eigenvalue weighted by atomic mass is 9.99. The second-order valence-corrected chi connectivity index (χ2v) is 5.40. The van der Waals surface area contributed by atoms with Gasteiger partial charge in [-0.15, -0.1) is 0 Å². The Labute approximate surface area is 107 Å². The maximum atomic E-state index is 12.1. The minimum Gasteiger partial charge on any atom is -0.394 e. The first-order valence-corrected chi connectivity index (χ1v) is 6.32. The van der Waals surface area contributed by atoms with Gasteiger partial charge in [0.1, 0.15) is 0 Å². The van der Waals surface area contributed by atoms with E-state index >= 15 is 0 Å². The molecule has 4 nitrogen and oxygen atoms in total. The first-order valence-electron chi connectivity index (χ1n) is 6.32. The Morgan fingerprint density at radius 1 is 1.50 bits per heavy atom. The summed E-state index contributed by atoms with van der Waals surface area (Å²) in [6.45, 7) is 4.51. The van der Waals surface area contributed by atoms with Gasteiger partial charge >= 0.3 is 0 Å². The number of rotatable bonds is 3. The SMILES string of the molecule is CC(C)(CO)NC(=O)c1ccc2c(c1)CCCN2. The third kappa shape index (κ3) is 2.82. The first kappa shape index (κ1) is 12.9. The summed E-state index contributed by atoms with van der Waals surface area (Å²) in [6, 6.07) is 5.71. The number of nitrogens with one attached hydrogen (secondary N) is 2. The second-order valence-electron chi connectivity index (χ2n) is 5.40. The number of anilines is 1. The van der Waals surface area contributed by atoms with E-state index in [1.54, 1.807) is 13.8 Å². The predicted molar refractivity (Wildman–Crippen MR) is 71.9 cm³/mol. The molecule has 1 aromatic carbocycles. The molecule has 1 aliphatic heterocycles. The number of carbonyl (C=O) groups is 1. The van der Waals surface area contributed by atoms with Crippen molar-refractivity contribution in [2.24, 2.45) is 0 Å². The molecule has 0 radical (unpaired) electrons. The fourth-order valence-electron chi connectivity index (χ4n) is 2.04. The van der Waals surface area contributed by atoms with Crippen LogP contribution in [0.1, 0.15) is 36.2 Å². The summed E-state index contributed by atoms with van der Waals surface area (Å²) in [7, 11) is 0. The minimum atomic E-state index is -0.592. The fourth-order valence-corrected chi connectivity index (χ4v) is 2.04. The zero-order valence-corrected chi connectivity index (χ0v) is 10.9. The number of aliphatic hydroxyl groups excluding tert-OH is 1. The summed E-state index contributed by atoms with van der Waals surface area (Å²) in [5, 5.41) is 15.3. The number of hydrogen-bond acceptors (Lipinski definition) is 3. The maximum absolute atomic E-state index is 12.1. The molecular formula is C14H20N2O2. The predicted octanol–water partition coefficient (Wildman–Crippen LogP) is 1.55. The molecule has 0 fully saturated rings. The van der Waals surface area contributed by atoms with Crippen molar-refractivity contribution in [1.82, 2.24) is 5.32 Å². The Balaban J connectivity index is 2.16. The first-order chi connectivity index (χ1) is 8.52. The average Bonchev–Trinajstić information content (AvgIpc) is 2.37. The quantitative estimate of drug-likeness (QED) is 0.760. The Hall–Kier alpha value is -1.55. The van der Waals surface area contributed by atoms with Crippen molar-refractivity contribution in [2.45, 2.75) is 32.2 Å². The molecule has 1 amide bonds. The third-order valence-electron chi connectivity index (χ3n) is 3.15. The zero-order chi connectivity index (χ0) is 13.2.